The predicted octanol–water partition coefficient (Wildman–Crippen LogP) is 1.81. The van der Waals surface area contributed by atoms with Gasteiger partial charge < -0.3 is 15.0 Å². The summed E-state index contributed by atoms with van der Waals surface area (Å²) in [5.74, 6) is 0.131. The van der Waals surface area contributed by atoms with Gasteiger partial charge in [-0.1, -0.05) is 20.8 Å². The third-order valence-corrected chi connectivity index (χ3v) is 3.69. The summed E-state index contributed by atoms with van der Waals surface area (Å²) in [7, 11) is 0. The fourth-order valence-electron chi connectivity index (χ4n) is 2.52. The number of hydrogen-bond donors (Lipinski definition) is 1. The van der Waals surface area contributed by atoms with E-state index in [1.165, 1.54) is 0 Å². The van der Waals surface area contributed by atoms with E-state index in [1.807, 2.05) is 32.6 Å². The lowest BCUT2D eigenvalue weighted by molar-refractivity contribution is -0.142. The first-order valence-corrected chi connectivity index (χ1v) is 8.01. The van der Waals surface area contributed by atoms with Gasteiger partial charge in [0.15, 0.2) is 0 Å². The molecule has 5 nitrogen and oxygen atoms in total. The van der Waals surface area contributed by atoms with Gasteiger partial charge in [-0.15, -0.1) is 0 Å². The largest absolute Gasteiger partial charge is 0.382 e. The summed E-state index contributed by atoms with van der Waals surface area (Å²) in [6, 6.07) is 0. The minimum absolute atomic E-state index is 0.0675. The summed E-state index contributed by atoms with van der Waals surface area (Å²) >= 11 is 0. The van der Waals surface area contributed by atoms with E-state index < -0.39 is 0 Å². The molecule has 1 rings (SSSR count). The monoisotopic (exact) mass is 298 g/mol. The summed E-state index contributed by atoms with van der Waals surface area (Å²) < 4.78 is 5.24. The molecule has 0 aromatic rings. The van der Waals surface area contributed by atoms with Gasteiger partial charge in [-0.05, 0) is 26.2 Å². The first kappa shape index (κ1) is 18.0. The second-order valence-corrected chi connectivity index (χ2v) is 6.68. The van der Waals surface area contributed by atoms with Crippen LogP contribution in [-0.2, 0) is 14.3 Å². The van der Waals surface area contributed by atoms with E-state index in [9.17, 15) is 9.59 Å². The Balaban J connectivity index is 2.38. The number of carbonyl (C=O) groups is 2. The van der Waals surface area contributed by atoms with Gasteiger partial charge in [0, 0.05) is 38.3 Å². The minimum atomic E-state index is -0.379. The molecule has 0 aromatic carbocycles. The Morgan fingerprint density at radius 2 is 2.05 bits per heavy atom. The first-order valence-electron chi connectivity index (χ1n) is 8.01. The van der Waals surface area contributed by atoms with Crippen LogP contribution in [0.2, 0.25) is 0 Å². The molecule has 0 aromatic heterocycles. The van der Waals surface area contributed by atoms with Gasteiger partial charge in [-0.2, -0.15) is 0 Å². The highest BCUT2D eigenvalue weighted by Gasteiger charge is 2.33. The highest BCUT2D eigenvalue weighted by molar-refractivity contribution is 5.83. The highest BCUT2D eigenvalue weighted by atomic mass is 16.5. The maximum Gasteiger partial charge on any atom is 0.227 e. The fraction of sp³-hybridized carbons (Fsp3) is 0.875. The Labute approximate surface area is 128 Å². The van der Waals surface area contributed by atoms with E-state index in [0.29, 0.717) is 26.3 Å². The van der Waals surface area contributed by atoms with Crippen LogP contribution < -0.4 is 5.32 Å². The number of hydrogen-bond acceptors (Lipinski definition) is 3. The van der Waals surface area contributed by atoms with Crippen LogP contribution in [0.4, 0.5) is 0 Å². The SMILES string of the molecule is CCOCCCNC(=O)C1CCCN(C(=O)C(C)(C)C)C1. The van der Waals surface area contributed by atoms with Crippen LogP contribution in [0.5, 0.6) is 0 Å². The molecule has 2 amide bonds. The molecule has 1 saturated heterocycles. The van der Waals surface area contributed by atoms with Crippen molar-refractivity contribution < 1.29 is 14.3 Å². The van der Waals surface area contributed by atoms with Crippen LogP contribution in [0.3, 0.4) is 0 Å². The zero-order valence-electron chi connectivity index (χ0n) is 13.9. The molecule has 1 N–H and O–H groups in total. The standard InChI is InChI=1S/C16H30N2O3/c1-5-21-11-7-9-17-14(19)13-8-6-10-18(12-13)15(20)16(2,3)4/h13H,5-12H2,1-4H3,(H,17,19). The second kappa shape index (κ2) is 8.37. The summed E-state index contributed by atoms with van der Waals surface area (Å²) in [6.45, 7) is 11.1. The molecule has 1 unspecified atom stereocenters. The van der Waals surface area contributed by atoms with E-state index in [2.05, 4.69) is 5.32 Å². The maximum atomic E-state index is 12.3. The molecule has 21 heavy (non-hydrogen) atoms. The number of likely N-dealkylation sites (tertiary alicyclic amines) is 1. The van der Waals surface area contributed by atoms with Crippen molar-refractivity contribution in [3.8, 4) is 0 Å². The van der Waals surface area contributed by atoms with Gasteiger partial charge in [0.2, 0.25) is 11.8 Å². The Morgan fingerprint density at radius 1 is 1.33 bits per heavy atom. The molecule has 0 radical (unpaired) electrons. The van der Waals surface area contributed by atoms with Gasteiger partial charge in [0.05, 0.1) is 5.92 Å². The van der Waals surface area contributed by atoms with Gasteiger partial charge in [0.25, 0.3) is 0 Å². The molecule has 1 heterocycles. The molecule has 1 aliphatic rings. The van der Waals surface area contributed by atoms with Crippen molar-refractivity contribution in [2.45, 2.75) is 47.0 Å². The lowest BCUT2D eigenvalue weighted by atomic mass is 9.91. The van der Waals surface area contributed by atoms with Crippen LogP contribution in [0.25, 0.3) is 0 Å². The summed E-state index contributed by atoms with van der Waals surface area (Å²) in [6.07, 6.45) is 2.60. The third kappa shape index (κ3) is 6.04. The van der Waals surface area contributed by atoms with Crippen molar-refractivity contribution >= 4 is 11.8 Å². The Kier molecular flexibility index (Phi) is 7.15. The van der Waals surface area contributed by atoms with Crippen LogP contribution in [0.1, 0.15) is 47.0 Å². The Hall–Kier alpha value is -1.10. The maximum absolute atomic E-state index is 12.3. The topological polar surface area (TPSA) is 58.6 Å². The Bertz CT molecular complexity index is 350. The zero-order chi connectivity index (χ0) is 15.9. The van der Waals surface area contributed by atoms with Crippen molar-refractivity contribution in [3.05, 3.63) is 0 Å². The van der Waals surface area contributed by atoms with E-state index >= 15 is 0 Å². The minimum Gasteiger partial charge on any atom is -0.382 e. The van der Waals surface area contributed by atoms with Gasteiger partial charge >= 0.3 is 0 Å². The van der Waals surface area contributed by atoms with Gasteiger partial charge in [-0.25, -0.2) is 0 Å². The van der Waals surface area contributed by atoms with Crippen molar-refractivity contribution in [3.63, 3.8) is 0 Å². The molecule has 1 fully saturated rings. The molecular weight excluding hydrogens is 268 g/mol. The van der Waals surface area contributed by atoms with E-state index in [4.69, 9.17) is 4.74 Å². The molecule has 122 valence electrons. The number of rotatable bonds is 6. The van der Waals surface area contributed by atoms with E-state index in [0.717, 1.165) is 25.8 Å². The summed E-state index contributed by atoms with van der Waals surface area (Å²) in [5, 5.41) is 2.95. The summed E-state index contributed by atoms with van der Waals surface area (Å²) in [5.41, 5.74) is -0.379. The number of carbonyl (C=O) groups excluding carboxylic acids is 2. The predicted molar refractivity (Wildman–Crippen MR) is 82.9 cm³/mol. The molecule has 0 spiro atoms. The normalized spacial score (nSPS) is 19.4. The Morgan fingerprint density at radius 3 is 2.67 bits per heavy atom. The van der Waals surface area contributed by atoms with Gasteiger partial charge in [0.1, 0.15) is 0 Å². The first-order chi connectivity index (χ1) is 9.86. The molecular formula is C16H30N2O3. The lowest BCUT2D eigenvalue weighted by Gasteiger charge is -2.35. The lowest BCUT2D eigenvalue weighted by Crippen LogP contribution is -2.48. The zero-order valence-corrected chi connectivity index (χ0v) is 13.9. The van der Waals surface area contributed by atoms with Crippen molar-refractivity contribution in [2.24, 2.45) is 11.3 Å². The molecule has 5 heteroatoms. The average molecular weight is 298 g/mol. The number of piperidine rings is 1. The molecule has 0 bridgehead atoms. The van der Waals surface area contributed by atoms with Crippen LogP contribution in [-0.4, -0.2) is 49.6 Å². The van der Waals surface area contributed by atoms with Crippen molar-refractivity contribution in [1.29, 1.82) is 0 Å². The van der Waals surface area contributed by atoms with Crippen LogP contribution in [0, 0.1) is 11.3 Å². The van der Waals surface area contributed by atoms with Crippen LogP contribution in [0.15, 0.2) is 0 Å². The summed E-state index contributed by atoms with van der Waals surface area (Å²) in [4.78, 5) is 26.3. The van der Waals surface area contributed by atoms with Crippen molar-refractivity contribution in [1.82, 2.24) is 10.2 Å². The van der Waals surface area contributed by atoms with E-state index in [1.54, 1.807) is 0 Å². The number of nitrogens with one attached hydrogen (secondary N) is 1. The molecule has 1 aliphatic heterocycles. The average Bonchev–Trinajstić information content (AvgIpc) is 2.45. The highest BCUT2D eigenvalue weighted by Crippen LogP contribution is 2.23. The van der Waals surface area contributed by atoms with Crippen molar-refractivity contribution in [2.75, 3.05) is 32.8 Å². The van der Waals surface area contributed by atoms with Gasteiger partial charge in [-0.3, -0.25) is 9.59 Å². The molecule has 1 atom stereocenters. The number of nitrogens with zero attached hydrogens (tertiary/aromatic N) is 1. The van der Waals surface area contributed by atoms with Crippen LogP contribution >= 0.6 is 0 Å². The third-order valence-electron chi connectivity index (χ3n) is 3.69. The quantitative estimate of drug-likeness (QED) is 0.761. The smallest absolute Gasteiger partial charge is 0.227 e. The second-order valence-electron chi connectivity index (χ2n) is 6.68. The molecule has 0 saturated carbocycles. The number of ether oxygens (including phenoxy) is 1. The van der Waals surface area contributed by atoms with E-state index in [-0.39, 0.29) is 23.1 Å². The fourth-order valence-corrected chi connectivity index (χ4v) is 2.52. The molecule has 0 aliphatic carbocycles. The number of amides is 2.